The number of hydrogen-bond acceptors (Lipinski definition) is 3. The van der Waals surface area contributed by atoms with Crippen molar-refractivity contribution in [1.82, 2.24) is 9.97 Å². The van der Waals surface area contributed by atoms with Crippen molar-refractivity contribution >= 4 is 45.8 Å². The lowest BCUT2D eigenvalue weighted by atomic mass is 10.0. The molecule has 2 heterocycles. The van der Waals surface area contributed by atoms with Crippen molar-refractivity contribution < 1.29 is 22.8 Å². The number of rotatable bonds is 4. The number of benzene rings is 2. The molecule has 0 bridgehead atoms. The Morgan fingerprint density at radius 1 is 0.969 bits per heavy atom. The van der Waals surface area contributed by atoms with Crippen molar-refractivity contribution in [3.8, 4) is 0 Å². The van der Waals surface area contributed by atoms with E-state index in [0.29, 0.717) is 27.8 Å². The number of anilines is 2. The van der Waals surface area contributed by atoms with Gasteiger partial charge in [-0.15, -0.1) is 0 Å². The highest BCUT2D eigenvalue weighted by Crippen LogP contribution is 2.35. The second-order valence-electron chi connectivity index (χ2n) is 6.78. The van der Waals surface area contributed by atoms with Crippen LogP contribution in [0, 0.1) is 0 Å². The van der Waals surface area contributed by atoms with Crippen molar-refractivity contribution in [1.29, 1.82) is 0 Å². The molecule has 0 saturated carbocycles. The van der Waals surface area contributed by atoms with Crippen molar-refractivity contribution in [2.45, 2.75) is 6.18 Å². The number of aromatic nitrogens is 2. The number of H-pyrrole nitrogens is 1. The van der Waals surface area contributed by atoms with E-state index in [9.17, 15) is 22.8 Å². The van der Waals surface area contributed by atoms with Crippen molar-refractivity contribution in [3.05, 3.63) is 88.7 Å². The summed E-state index contributed by atoms with van der Waals surface area (Å²) in [4.78, 5) is 32.3. The molecule has 0 aliphatic heterocycles. The van der Waals surface area contributed by atoms with E-state index in [2.05, 4.69) is 20.6 Å². The van der Waals surface area contributed by atoms with Gasteiger partial charge in [-0.1, -0.05) is 23.7 Å². The van der Waals surface area contributed by atoms with E-state index in [0.717, 1.165) is 18.2 Å². The number of nitrogens with zero attached hydrogens (tertiary/aromatic N) is 1. The highest BCUT2D eigenvalue weighted by atomic mass is 35.5. The Morgan fingerprint density at radius 2 is 1.72 bits per heavy atom. The van der Waals surface area contributed by atoms with Gasteiger partial charge in [-0.25, -0.2) is 9.78 Å². The zero-order valence-corrected chi connectivity index (χ0v) is 16.9. The average molecular weight is 459 g/mol. The fourth-order valence-corrected chi connectivity index (χ4v) is 3.44. The molecule has 0 atom stereocenters. The number of carbonyl (C=O) groups is 2. The van der Waals surface area contributed by atoms with Crippen LogP contribution in [0.1, 0.15) is 21.5 Å². The van der Waals surface area contributed by atoms with Crippen LogP contribution in [0.3, 0.4) is 0 Å². The Balaban J connectivity index is 1.49. The van der Waals surface area contributed by atoms with Crippen molar-refractivity contribution in [2.24, 2.45) is 0 Å². The maximum atomic E-state index is 12.9. The summed E-state index contributed by atoms with van der Waals surface area (Å²) in [7, 11) is 0. The summed E-state index contributed by atoms with van der Waals surface area (Å²) in [6.45, 7) is 0. The molecule has 32 heavy (non-hydrogen) atoms. The first-order valence-corrected chi connectivity index (χ1v) is 9.62. The predicted octanol–water partition coefficient (Wildman–Crippen LogP) is 6.11. The lowest BCUT2D eigenvalue weighted by Gasteiger charge is -2.12. The van der Waals surface area contributed by atoms with E-state index in [1.165, 1.54) is 6.07 Å². The molecule has 4 aromatic rings. The highest BCUT2D eigenvalue weighted by molar-refractivity contribution is 6.31. The van der Waals surface area contributed by atoms with Crippen LogP contribution in [-0.2, 0) is 6.18 Å². The first-order valence-electron chi connectivity index (χ1n) is 9.24. The van der Waals surface area contributed by atoms with Gasteiger partial charge in [-0.2, -0.15) is 13.2 Å². The minimum atomic E-state index is -4.59. The lowest BCUT2D eigenvalue weighted by molar-refractivity contribution is -0.137. The monoisotopic (exact) mass is 458 g/mol. The Hall–Kier alpha value is -3.85. The van der Waals surface area contributed by atoms with Gasteiger partial charge < -0.3 is 15.6 Å². The summed E-state index contributed by atoms with van der Waals surface area (Å²) in [6.07, 6.45) is -1.41. The van der Waals surface area contributed by atoms with Gasteiger partial charge in [0.15, 0.2) is 5.78 Å². The number of alkyl halides is 3. The molecule has 10 heteroatoms. The number of nitrogens with one attached hydrogen (secondary N) is 3. The summed E-state index contributed by atoms with van der Waals surface area (Å²) in [6, 6.07) is 12.0. The molecule has 0 aliphatic rings. The molecule has 0 saturated heterocycles. The topological polar surface area (TPSA) is 86.9 Å². The standard InChI is InChI=1S/C22H14ClF3N4O2/c23-18-10-14(6-7-17(18)22(24,25)26)30-21(32)29-13-4-1-3-12(9-13)19(31)16-11-28-20-15(16)5-2-8-27-20/h1-11H,(H,27,28)(H2,29,30,32). The van der Waals surface area contributed by atoms with E-state index >= 15 is 0 Å². The number of hydrogen-bond donors (Lipinski definition) is 3. The highest BCUT2D eigenvalue weighted by Gasteiger charge is 2.33. The molecule has 162 valence electrons. The van der Waals surface area contributed by atoms with Crippen molar-refractivity contribution in [3.63, 3.8) is 0 Å². The average Bonchev–Trinajstić information content (AvgIpc) is 3.16. The maximum absolute atomic E-state index is 12.9. The molecule has 0 aliphatic carbocycles. The van der Waals surface area contributed by atoms with E-state index < -0.39 is 22.8 Å². The normalized spacial score (nSPS) is 11.4. The molecule has 6 nitrogen and oxygen atoms in total. The van der Waals surface area contributed by atoms with Crippen LogP contribution < -0.4 is 10.6 Å². The molecular weight excluding hydrogens is 445 g/mol. The molecule has 0 unspecified atom stereocenters. The third-order valence-corrected chi connectivity index (χ3v) is 4.92. The minimum Gasteiger partial charge on any atom is -0.345 e. The number of pyridine rings is 1. The summed E-state index contributed by atoms with van der Waals surface area (Å²) in [5.41, 5.74) is 0.770. The molecule has 4 rings (SSSR count). The van der Waals surface area contributed by atoms with Crippen LogP contribution in [0.2, 0.25) is 5.02 Å². The van der Waals surface area contributed by atoms with Crippen LogP contribution in [0.25, 0.3) is 11.0 Å². The number of ketones is 1. The Labute approximate surface area is 184 Å². The molecule has 0 fully saturated rings. The number of halogens is 4. The van der Waals surface area contributed by atoms with E-state index in [4.69, 9.17) is 11.6 Å². The summed E-state index contributed by atoms with van der Waals surface area (Å²) < 4.78 is 38.4. The first kappa shape index (κ1) is 21.4. The maximum Gasteiger partial charge on any atom is 0.417 e. The Bertz CT molecular complexity index is 1330. The third kappa shape index (κ3) is 4.42. The van der Waals surface area contributed by atoms with Gasteiger partial charge >= 0.3 is 12.2 Å². The van der Waals surface area contributed by atoms with Gasteiger partial charge in [0.05, 0.1) is 10.6 Å². The first-order chi connectivity index (χ1) is 15.2. The van der Waals surface area contributed by atoms with Gasteiger partial charge in [-0.05, 0) is 42.5 Å². The lowest BCUT2D eigenvalue weighted by Crippen LogP contribution is -2.20. The number of fused-ring (bicyclic) bond motifs is 1. The Morgan fingerprint density at radius 3 is 2.44 bits per heavy atom. The van der Waals surface area contributed by atoms with Gasteiger partial charge in [0.25, 0.3) is 0 Å². The summed E-state index contributed by atoms with van der Waals surface area (Å²) in [5.74, 6) is -0.261. The molecule has 0 spiro atoms. The van der Waals surface area contributed by atoms with Crippen LogP contribution in [0.5, 0.6) is 0 Å². The molecule has 0 radical (unpaired) electrons. The van der Waals surface area contributed by atoms with Crippen LogP contribution >= 0.6 is 11.6 Å². The van der Waals surface area contributed by atoms with Crippen LogP contribution in [0.15, 0.2) is 67.0 Å². The molecule has 2 aromatic carbocycles. The molecular formula is C22H14ClF3N4O2. The number of carbonyl (C=O) groups excluding carboxylic acids is 2. The zero-order chi connectivity index (χ0) is 22.9. The predicted molar refractivity (Wildman–Crippen MR) is 115 cm³/mol. The van der Waals surface area contributed by atoms with Crippen LogP contribution in [0.4, 0.5) is 29.3 Å². The quantitative estimate of drug-likeness (QED) is 0.322. The SMILES string of the molecule is O=C(Nc1cccc(C(=O)c2c[nH]c3ncccc23)c1)Nc1ccc(C(F)(F)F)c(Cl)c1. The van der Waals surface area contributed by atoms with Crippen LogP contribution in [-0.4, -0.2) is 21.8 Å². The third-order valence-electron chi connectivity index (χ3n) is 4.61. The van der Waals surface area contributed by atoms with Gasteiger partial charge in [0, 0.05) is 40.3 Å². The second kappa shape index (κ2) is 8.35. The van der Waals surface area contributed by atoms with E-state index in [1.807, 2.05) is 0 Å². The zero-order valence-electron chi connectivity index (χ0n) is 16.1. The largest absolute Gasteiger partial charge is 0.417 e. The summed E-state index contributed by atoms with van der Waals surface area (Å²) in [5, 5.41) is 5.10. The van der Waals surface area contributed by atoms with Gasteiger partial charge in [-0.3, -0.25) is 4.79 Å². The molecule has 2 aromatic heterocycles. The number of aromatic amines is 1. The van der Waals surface area contributed by atoms with E-state index in [1.54, 1.807) is 42.7 Å². The van der Waals surface area contributed by atoms with Gasteiger partial charge in [0.1, 0.15) is 5.65 Å². The van der Waals surface area contributed by atoms with E-state index in [-0.39, 0.29) is 11.5 Å². The smallest absolute Gasteiger partial charge is 0.345 e. The number of urea groups is 1. The summed E-state index contributed by atoms with van der Waals surface area (Å²) >= 11 is 5.67. The van der Waals surface area contributed by atoms with Crippen molar-refractivity contribution in [2.75, 3.05) is 10.6 Å². The molecule has 2 amide bonds. The number of amides is 2. The fraction of sp³-hybridized carbons (Fsp3) is 0.0455. The minimum absolute atomic E-state index is 0.0824. The Kier molecular flexibility index (Phi) is 5.58. The second-order valence-corrected chi connectivity index (χ2v) is 7.19. The molecule has 3 N–H and O–H groups in total. The fourth-order valence-electron chi connectivity index (χ4n) is 3.15. The van der Waals surface area contributed by atoms with Gasteiger partial charge in [0.2, 0.25) is 0 Å².